The van der Waals surface area contributed by atoms with Gasteiger partial charge in [-0.1, -0.05) is 19.3 Å². The van der Waals surface area contributed by atoms with Crippen molar-refractivity contribution >= 4 is 5.91 Å². The number of hydrogen-bond acceptors (Lipinski definition) is 2. The molecule has 0 aromatic carbocycles. The van der Waals surface area contributed by atoms with Crippen molar-refractivity contribution < 1.29 is 4.79 Å². The first-order chi connectivity index (χ1) is 9.20. The van der Waals surface area contributed by atoms with Crippen molar-refractivity contribution in [1.82, 2.24) is 10.2 Å². The average molecular weight is 264 g/mol. The Labute approximate surface area is 117 Å². The molecule has 1 aliphatic carbocycles. The van der Waals surface area contributed by atoms with E-state index in [1.807, 2.05) is 0 Å². The van der Waals surface area contributed by atoms with Gasteiger partial charge in [-0.25, -0.2) is 0 Å². The number of likely N-dealkylation sites (tertiary alicyclic amines) is 1. The van der Waals surface area contributed by atoms with Crippen molar-refractivity contribution in [3.05, 3.63) is 0 Å². The van der Waals surface area contributed by atoms with E-state index in [2.05, 4.69) is 17.1 Å². The molecule has 1 N–H and O–H groups in total. The van der Waals surface area contributed by atoms with Crippen LogP contribution in [0.3, 0.4) is 0 Å². The van der Waals surface area contributed by atoms with E-state index < -0.39 is 0 Å². The van der Waals surface area contributed by atoms with Gasteiger partial charge in [0.25, 0.3) is 0 Å². The monoisotopic (exact) mass is 264 g/mol. The molecule has 1 spiro atoms. The van der Waals surface area contributed by atoms with Crippen LogP contribution >= 0.6 is 0 Å². The lowest BCUT2D eigenvalue weighted by Crippen LogP contribution is -2.47. The third-order valence-corrected chi connectivity index (χ3v) is 5.89. The smallest absolute Gasteiger partial charge is 0.227 e. The Hall–Kier alpha value is -0.570. The van der Waals surface area contributed by atoms with Gasteiger partial charge in [0.1, 0.15) is 0 Å². The van der Waals surface area contributed by atoms with Crippen LogP contribution in [0.2, 0.25) is 0 Å². The van der Waals surface area contributed by atoms with Crippen LogP contribution in [0.25, 0.3) is 0 Å². The number of nitrogens with one attached hydrogen (secondary N) is 1. The minimum absolute atomic E-state index is 0.236. The lowest BCUT2D eigenvalue weighted by Gasteiger charge is -2.45. The molecule has 0 bridgehead atoms. The fraction of sp³-hybridized carbons (Fsp3) is 0.938. The van der Waals surface area contributed by atoms with Gasteiger partial charge in [0.05, 0.1) is 5.92 Å². The lowest BCUT2D eigenvalue weighted by atomic mass is 9.68. The van der Waals surface area contributed by atoms with E-state index in [4.69, 9.17) is 0 Å². The van der Waals surface area contributed by atoms with Gasteiger partial charge in [0, 0.05) is 19.1 Å². The molecule has 19 heavy (non-hydrogen) atoms. The van der Waals surface area contributed by atoms with Gasteiger partial charge in [-0.2, -0.15) is 0 Å². The molecule has 1 amide bonds. The minimum Gasteiger partial charge on any atom is -0.342 e. The molecule has 0 aromatic rings. The average Bonchev–Trinajstić information content (AvgIpc) is 2.86. The highest BCUT2D eigenvalue weighted by Crippen LogP contribution is 2.44. The van der Waals surface area contributed by atoms with Gasteiger partial charge in [0.2, 0.25) is 5.91 Å². The molecule has 2 atom stereocenters. The molecule has 0 aromatic heterocycles. The highest BCUT2D eigenvalue weighted by Gasteiger charge is 2.39. The summed E-state index contributed by atoms with van der Waals surface area (Å²) in [4.78, 5) is 14.7. The molecular formula is C16H28N2O. The summed E-state index contributed by atoms with van der Waals surface area (Å²) in [5.41, 5.74) is 0.606. The zero-order chi connectivity index (χ0) is 13.3. The minimum atomic E-state index is 0.236. The molecule has 2 unspecified atom stereocenters. The van der Waals surface area contributed by atoms with Crippen LogP contribution in [0, 0.1) is 11.3 Å². The van der Waals surface area contributed by atoms with E-state index in [1.165, 1.54) is 44.9 Å². The van der Waals surface area contributed by atoms with Crippen LogP contribution in [0.5, 0.6) is 0 Å². The summed E-state index contributed by atoms with van der Waals surface area (Å²) in [5, 5.41) is 3.40. The van der Waals surface area contributed by atoms with Crippen LogP contribution in [0.15, 0.2) is 0 Å². The summed E-state index contributed by atoms with van der Waals surface area (Å²) >= 11 is 0. The first-order valence-electron chi connectivity index (χ1n) is 8.22. The molecule has 3 nitrogen and oxygen atoms in total. The fourth-order valence-corrected chi connectivity index (χ4v) is 4.43. The summed E-state index contributed by atoms with van der Waals surface area (Å²) in [6.07, 6.45) is 10.6. The maximum Gasteiger partial charge on any atom is 0.227 e. The Morgan fingerprint density at radius 2 is 1.79 bits per heavy atom. The highest BCUT2D eigenvalue weighted by atomic mass is 16.2. The lowest BCUT2D eigenvalue weighted by molar-refractivity contribution is -0.138. The number of hydrogen-bond donors (Lipinski definition) is 1. The van der Waals surface area contributed by atoms with Crippen molar-refractivity contribution in [1.29, 1.82) is 0 Å². The maximum atomic E-state index is 12.6. The molecule has 2 saturated heterocycles. The third kappa shape index (κ3) is 2.67. The molecule has 1 saturated carbocycles. The molecule has 3 rings (SSSR count). The second kappa shape index (κ2) is 5.43. The Kier molecular flexibility index (Phi) is 3.84. The highest BCUT2D eigenvalue weighted by molar-refractivity contribution is 5.80. The molecule has 2 aliphatic heterocycles. The first kappa shape index (κ1) is 13.4. The van der Waals surface area contributed by atoms with Crippen molar-refractivity contribution in [3.8, 4) is 0 Å². The summed E-state index contributed by atoms with van der Waals surface area (Å²) in [7, 11) is 0. The standard InChI is InChI=1S/C16H28N2O/c1-13-14(5-10-17-13)15(19)18-11-8-16(9-12-18)6-3-2-4-7-16/h13-14,17H,2-12H2,1H3. The van der Waals surface area contributed by atoms with Gasteiger partial charge in [0.15, 0.2) is 0 Å². The number of rotatable bonds is 1. The Morgan fingerprint density at radius 1 is 1.11 bits per heavy atom. The Balaban J connectivity index is 1.56. The molecule has 2 heterocycles. The van der Waals surface area contributed by atoms with Crippen LogP contribution < -0.4 is 5.32 Å². The summed E-state index contributed by atoms with van der Waals surface area (Å²) < 4.78 is 0. The zero-order valence-electron chi connectivity index (χ0n) is 12.3. The number of amides is 1. The van der Waals surface area contributed by atoms with Crippen LogP contribution in [-0.4, -0.2) is 36.5 Å². The van der Waals surface area contributed by atoms with Gasteiger partial charge in [-0.3, -0.25) is 4.79 Å². The Bertz CT molecular complexity index is 326. The molecule has 108 valence electrons. The number of piperidine rings is 1. The van der Waals surface area contributed by atoms with Gasteiger partial charge >= 0.3 is 0 Å². The number of carbonyl (C=O) groups excluding carboxylic acids is 1. The van der Waals surface area contributed by atoms with Gasteiger partial charge in [-0.05, 0) is 51.0 Å². The molecule has 3 fully saturated rings. The number of carbonyl (C=O) groups is 1. The van der Waals surface area contributed by atoms with E-state index in [1.54, 1.807) is 0 Å². The predicted molar refractivity (Wildman–Crippen MR) is 76.9 cm³/mol. The van der Waals surface area contributed by atoms with Crippen molar-refractivity contribution in [2.75, 3.05) is 19.6 Å². The molecule has 0 radical (unpaired) electrons. The molecular weight excluding hydrogens is 236 g/mol. The third-order valence-electron chi connectivity index (χ3n) is 5.89. The quantitative estimate of drug-likeness (QED) is 0.789. The van der Waals surface area contributed by atoms with E-state index in [9.17, 15) is 4.79 Å². The summed E-state index contributed by atoms with van der Waals surface area (Å²) in [6.45, 7) is 5.20. The predicted octanol–water partition coefficient (Wildman–Crippen LogP) is 2.56. The normalized spacial score (nSPS) is 34.7. The van der Waals surface area contributed by atoms with Crippen LogP contribution in [0.1, 0.15) is 58.3 Å². The SMILES string of the molecule is CC1NCCC1C(=O)N1CCC2(CCCCC2)CC1. The van der Waals surface area contributed by atoms with E-state index in [0.717, 1.165) is 26.1 Å². The van der Waals surface area contributed by atoms with Crippen molar-refractivity contribution in [3.63, 3.8) is 0 Å². The summed E-state index contributed by atoms with van der Waals surface area (Å²) in [6, 6.07) is 0.373. The number of nitrogens with zero attached hydrogens (tertiary/aromatic N) is 1. The van der Waals surface area contributed by atoms with Crippen LogP contribution in [-0.2, 0) is 4.79 Å². The van der Waals surface area contributed by atoms with Crippen molar-refractivity contribution in [2.45, 2.75) is 64.3 Å². The largest absolute Gasteiger partial charge is 0.342 e. The first-order valence-corrected chi connectivity index (χ1v) is 8.22. The fourth-order valence-electron chi connectivity index (χ4n) is 4.43. The topological polar surface area (TPSA) is 32.3 Å². The zero-order valence-corrected chi connectivity index (χ0v) is 12.3. The molecule has 3 aliphatic rings. The summed E-state index contributed by atoms with van der Waals surface area (Å²) in [5.74, 6) is 0.656. The maximum absolute atomic E-state index is 12.6. The van der Waals surface area contributed by atoms with Gasteiger partial charge < -0.3 is 10.2 Å². The molecule has 3 heteroatoms. The second-order valence-electron chi connectivity index (χ2n) is 7.02. The van der Waals surface area contributed by atoms with Crippen molar-refractivity contribution in [2.24, 2.45) is 11.3 Å². The Morgan fingerprint density at radius 3 is 2.37 bits per heavy atom. The van der Waals surface area contributed by atoms with Crippen LogP contribution in [0.4, 0.5) is 0 Å². The second-order valence-corrected chi connectivity index (χ2v) is 7.02. The van der Waals surface area contributed by atoms with E-state index in [-0.39, 0.29) is 5.92 Å². The van der Waals surface area contributed by atoms with E-state index in [0.29, 0.717) is 17.4 Å². The van der Waals surface area contributed by atoms with Gasteiger partial charge in [-0.15, -0.1) is 0 Å². The van der Waals surface area contributed by atoms with E-state index >= 15 is 0 Å².